The minimum absolute atomic E-state index is 0.0253. The summed E-state index contributed by atoms with van der Waals surface area (Å²) >= 11 is 0. The molecule has 0 bridgehead atoms. The summed E-state index contributed by atoms with van der Waals surface area (Å²) in [6, 6.07) is 6.11. The summed E-state index contributed by atoms with van der Waals surface area (Å²) in [5, 5.41) is 13.8. The van der Waals surface area contributed by atoms with Gasteiger partial charge in [-0.2, -0.15) is 0 Å². The Bertz CT molecular complexity index is 999. The third kappa shape index (κ3) is 3.78. The number of hydrogen-bond acceptors (Lipinski definition) is 5. The van der Waals surface area contributed by atoms with Gasteiger partial charge in [0, 0.05) is 49.8 Å². The van der Waals surface area contributed by atoms with Gasteiger partial charge in [0.1, 0.15) is 17.3 Å². The zero-order chi connectivity index (χ0) is 19.5. The Kier molecular flexibility index (Phi) is 4.88. The Morgan fingerprint density at radius 2 is 2.25 bits per heavy atom. The van der Waals surface area contributed by atoms with E-state index in [1.165, 1.54) is 31.2 Å². The number of rotatable bonds is 6. The fourth-order valence-electron chi connectivity index (χ4n) is 3.34. The van der Waals surface area contributed by atoms with E-state index in [1.807, 2.05) is 0 Å². The Labute approximate surface area is 161 Å². The fourth-order valence-corrected chi connectivity index (χ4v) is 3.34. The molecule has 0 unspecified atom stereocenters. The minimum atomic E-state index is -0.464. The number of fused-ring (bicyclic) bond motifs is 1. The molecule has 0 fully saturated rings. The highest BCUT2D eigenvalue weighted by molar-refractivity contribution is 5.92. The zero-order valence-electron chi connectivity index (χ0n) is 15.2. The Morgan fingerprint density at radius 3 is 3.07 bits per heavy atom. The second-order valence-electron chi connectivity index (χ2n) is 6.76. The summed E-state index contributed by atoms with van der Waals surface area (Å²) in [5.74, 6) is 1.27. The first-order valence-corrected chi connectivity index (χ1v) is 9.23. The molecule has 1 amide bonds. The quantitative estimate of drug-likeness (QED) is 0.503. The molecular formula is C19H20N6O3. The van der Waals surface area contributed by atoms with Crippen LogP contribution in [0.4, 0.5) is 5.69 Å². The maximum Gasteiger partial charge on any atom is 0.270 e. The van der Waals surface area contributed by atoms with Crippen LogP contribution in [0.2, 0.25) is 0 Å². The lowest BCUT2D eigenvalue weighted by atomic mass is 10.2. The Morgan fingerprint density at radius 1 is 1.36 bits per heavy atom. The summed E-state index contributed by atoms with van der Waals surface area (Å²) in [6.07, 6.45) is 7.54. The van der Waals surface area contributed by atoms with Gasteiger partial charge in [-0.05, 0) is 12.8 Å². The number of aromatic amines is 1. The largest absolute Gasteiger partial charge is 0.350 e. The zero-order valence-corrected chi connectivity index (χ0v) is 15.2. The topological polar surface area (TPSA) is 119 Å². The van der Waals surface area contributed by atoms with Gasteiger partial charge in [-0.25, -0.2) is 9.97 Å². The van der Waals surface area contributed by atoms with Crippen LogP contribution >= 0.6 is 0 Å². The SMILES string of the molecule is O=C(NCCc1cn2c(n1)CCCC2)c1cnc(-c2cccc([N+](=O)[O-])c2)[nH]1. The van der Waals surface area contributed by atoms with Crippen LogP contribution in [-0.4, -0.2) is 36.9 Å². The number of nitro groups is 1. The van der Waals surface area contributed by atoms with E-state index in [0.29, 0.717) is 30.0 Å². The van der Waals surface area contributed by atoms with Crippen molar-refractivity contribution < 1.29 is 9.72 Å². The average molecular weight is 380 g/mol. The minimum Gasteiger partial charge on any atom is -0.350 e. The molecule has 144 valence electrons. The summed E-state index contributed by atoms with van der Waals surface area (Å²) in [4.78, 5) is 34.5. The van der Waals surface area contributed by atoms with E-state index in [4.69, 9.17) is 0 Å². The van der Waals surface area contributed by atoms with Crippen LogP contribution in [0, 0.1) is 10.1 Å². The van der Waals surface area contributed by atoms with E-state index in [-0.39, 0.29) is 11.6 Å². The van der Waals surface area contributed by atoms with Crippen LogP contribution in [0.5, 0.6) is 0 Å². The molecule has 0 aliphatic carbocycles. The van der Waals surface area contributed by atoms with Crippen LogP contribution in [0.1, 0.15) is 34.8 Å². The number of aromatic nitrogens is 4. The second-order valence-corrected chi connectivity index (χ2v) is 6.76. The first-order valence-electron chi connectivity index (χ1n) is 9.23. The Balaban J connectivity index is 1.36. The number of non-ortho nitro benzene ring substituents is 1. The molecule has 1 aliphatic rings. The molecule has 4 rings (SSSR count). The number of nitrogens with one attached hydrogen (secondary N) is 2. The average Bonchev–Trinajstić information content (AvgIpc) is 3.35. The van der Waals surface area contributed by atoms with E-state index in [0.717, 1.165) is 24.5 Å². The maximum absolute atomic E-state index is 12.3. The van der Waals surface area contributed by atoms with Crippen molar-refractivity contribution in [3.63, 3.8) is 0 Å². The van der Waals surface area contributed by atoms with Crippen molar-refractivity contribution in [2.24, 2.45) is 0 Å². The maximum atomic E-state index is 12.3. The number of amides is 1. The number of hydrogen-bond donors (Lipinski definition) is 2. The van der Waals surface area contributed by atoms with E-state index < -0.39 is 4.92 Å². The van der Waals surface area contributed by atoms with E-state index >= 15 is 0 Å². The molecule has 1 aliphatic heterocycles. The van der Waals surface area contributed by atoms with Crippen molar-refractivity contribution >= 4 is 11.6 Å². The predicted octanol–water partition coefficient (Wildman–Crippen LogP) is 2.49. The summed E-state index contributed by atoms with van der Waals surface area (Å²) < 4.78 is 2.20. The molecule has 0 radical (unpaired) electrons. The van der Waals surface area contributed by atoms with Crippen LogP contribution in [0.25, 0.3) is 11.4 Å². The van der Waals surface area contributed by atoms with Crippen molar-refractivity contribution in [3.05, 3.63) is 64.0 Å². The monoisotopic (exact) mass is 380 g/mol. The van der Waals surface area contributed by atoms with Gasteiger partial charge in [-0.15, -0.1) is 0 Å². The van der Waals surface area contributed by atoms with Crippen molar-refractivity contribution in [3.8, 4) is 11.4 Å². The molecule has 0 spiro atoms. The van der Waals surface area contributed by atoms with Crippen LogP contribution in [0.15, 0.2) is 36.7 Å². The number of nitrogens with zero attached hydrogens (tertiary/aromatic N) is 4. The standard InChI is InChI=1S/C19H20N6O3/c26-19(20-8-7-14-12-24-9-2-1-6-17(24)22-14)16-11-21-18(23-16)13-4-3-5-15(10-13)25(27)28/h3-5,10-12H,1-2,6-9H2,(H,20,26)(H,21,23). The number of nitro benzene ring substituents is 1. The first-order chi connectivity index (χ1) is 13.6. The smallest absolute Gasteiger partial charge is 0.270 e. The predicted molar refractivity (Wildman–Crippen MR) is 102 cm³/mol. The molecule has 0 atom stereocenters. The summed E-state index contributed by atoms with van der Waals surface area (Å²) in [5.41, 5.74) is 1.82. The lowest BCUT2D eigenvalue weighted by molar-refractivity contribution is -0.384. The van der Waals surface area contributed by atoms with Crippen molar-refractivity contribution in [1.82, 2.24) is 24.8 Å². The molecule has 3 aromatic rings. The molecule has 0 saturated heterocycles. The lowest BCUT2D eigenvalue weighted by Gasteiger charge is -2.11. The molecule has 9 nitrogen and oxygen atoms in total. The van der Waals surface area contributed by atoms with Gasteiger partial charge in [0.05, 0.1) is 16.8 Å². The highest BCUT2D eigenvalue weighted by atomic mass is 16.6. The molecule has 2 aromatic heterocycles. The lowest BCUT2D eigenvalue weighted by Crippen LogP contribution is -2.26. The van der Waals surface area contributed by atoms with Crippen molar-refractivity contribution in [2.75, 3.05) is 6.54 Å². The van der Waals surface area contributed by atoms with Crippen LogP contribution < -0.4 is 5.32 Å². The van der Waals surface area contributed by atoms with Crippen LogP contribution in [-0.2, 0) is 19.4 Å². The van der Waals surface area contributed by atoms with Gasteiger partial charge in [-0.1, -0.05) is 12.1 Å². The van der Waals surface area contributed by atoms with E-state index in [9.17, 15) is 14.9 Å². The van der Waals surface area contributed by atoms with Gasteiger partial charge in [0.15, 0.2) is 0 Å². The number of benzene rings is 1. The molecular weight excluding hydrogens is 360 g/mol. The van der Waals surface area contributed by atoms with Gasteiger partial charge in [0.2, 0.25) is 0 Å². The number of carbonyl (C=O) groups excluding carboxylic acids is 1. The fraction of sp³-hybridized carbons (Fsp3) is 0.316. The number of carbonyl (C=O) groups is 1. The molecule has 2 N–H and O–H groups in total. The second kappa shape index (κ2) is 7.63. The molecule has 28 heavy (non-hydrogen) atoms. The molecule has 1 aromatic carbocycles. The van der Waals surface area contributed by atoms with Gasteiger partial charge < -0.3 is 14.9 Å². The Hall–Kier alpha value is -3.49. The van der Waals surface area contributed by atoms with Gasteiger partial charge in [0.25, 0.3) is 11.6 Å². The third-order valence-electron chi connectivity index (χ3n) is 4.78. The van der Waals surface area contributed by atoms with Crippen molar-refractivity contribution in [1.29, 1.82) is 0 Å². The highest BCUT2D eigenvalue weighted by Crippen LogP contribution is 2.21. The number of imidazole rings is 2. The van der Waals surface area contributed by atoms with Gasteiger partial charge >= 0.3 is 0 Å². The molecule has 9 heteroatoms. The van der Waals surface area contributed by atoms with Gasteiger partial charge in [-0.3, -0.25) is 14.9 Å². The summed E-state index contributed by atoms with van der Waals surface area (Å²) in [7, 11) is 0. The third-order valence-corrected chi connectivity index (χ3v) is 4.78. The normalized spacial score (nSPS) is 13.1. The number of aryl methyl sites for hydroxylation is 2. The van der Waals surface area contributed by atoms with Crippen molar-refractivity contribution in [2.45, 2.75) is 32.2 Å². The molecule has 0 saturated carbocycles. The van der Waals surface area contributed by atoms with Crippen LogP contribution in [0.3, 0.4) is 0 Å². The molecule has 3 heterocycles. The van der Waals surface area contributed by atoms with E-state index in [1.54, 1.807) is 12.1 Å². The summed E-state index contributed by atoms with van der Waals surface area (Å²) in [6.45, 7) is 1.49. The number of H-pyrrole nitrogens is 1. The highest BCUT2D eigenvalue weighted by Gasteiger charge is 2.14. The first kappa shape index (κ1) is 17.9. The van der Waals surface area contributed by atoms with E-state index in [2.05, 4.69) is 31.0 Å².